The highest BCUT2D eigenvalue weighted by Gasteiger charge is 2.23. The quantitative estimate of drug-likeness (QED) is 0.148. The lowest BCUT2D eigenvalue weighted by Gasteiger charge is -2.20. The number of amides is 2. The Morgan fingerprint density at radius 2 is 1.73 bits per heavy atom. The van der Waals surface area contributed by atoms with E-state index in [1.807, 2.05) is 6.92 Å². The van der Waals surface area contributed by atoms with Crippen LogP contribution in [0.25, 0.3) is 0 Å². The van der Waals surface area contributed by atoms with Gasteiger partial charge in [-0.2, -0.15) is 11.8 Å². The summed E-state index contributed by atoms with van der Waals surface area (Å²) < 4.78 is 23.9. The summed E-state index contributed by atoms with van der Waals surface area (Å²) in [4.78, 5) is 46.7. The van der Waals surface area contributed by atoms with E-state index in [1.165, 1.54) is 26.0 Å². The average Bonchev–Trinajstić information content (AvgIpc) is 2.81. The van der Waals surface area contributed by atoms with Gasteiger partial charge < -0.3 is 45.2 Å². The lowest BCUT2D eigenvalue weighted by molar-refractivity contribution is -0.130. The number of aliphatic hydroxyl groups is 1. The summed E-state index contributed by atoms with van der Waals surface area (Å²) in [5.74, 6) is -0.699. The first kappa shape index (κ1) is 30.7. The van der Waals surface area contributed by atoms with Crippen molar-refractivity contribution in [2.45, 2.75) is 38.0 Å². The van der Waals surface area contributed by atoms with Crippen molar-refractivity contribution in [2.75, 3.05) is 58.7 Å². The number of methoxy groups -OCH3 is 2. The molecule has 0 aliphatic carbocycles. The van der Waals surface area contributed by atoms with Crippen LogP contribution in [0.15, 0.2) is 0 Å². The van der Waals surface area contributed by atoms with E-state index in [-0.39, 0.29) is 18.9 Å². The van der Waals surface area contributed by atoms with Crippen LogP contribution in [-0.4, -0.2) is 106 Å². The van der Waals surface area contributed by atoms with Crippen molar-refractivity contribution in [3.05, 3.63) is 0 Å². The fourth-order valence-electron chi connectivity index (χ4n) is 2.27. The van der Waals surface area contributed by atoms with Gasteiger partial charge in [-0.25, -0.2) is 9.59 Å². The van der Waals surface area contributed by atoms with Crippen LogP contribution >= 0.6 is 11.8 Å². The van der Waals surface area contributed by atoms with Gasteiger partial charge in [-0.15, -0.1) is 0 Å². The normalized spacial score (nSPS) is 13.2. The molecule has 0 aliphatic heterocycles. The lowest BCUT2D eigenvalue weighted by Crippen LogP contribution is -2.54. The Balaban J connectivity index is 4.46. The average molecular weight is 498 g/mol. The molecule has 0 saturated heterocycles. The predicted molar refractivity (Wildman–Crippen MR) is 119 cm³/mol. The molecule has 5 N–H and O–H groups in total. The lowest BCUT2D eigenvalue weighted by atomic mass is 10.2. The first-order chi connectivity index (χ1) is 15.8. The van der Waals surface area contributed by atoms with Crippen LogP contribution in [-0.2, 0) is 33.3 Å². The summed E-state index contributed by atoms with van der Waals surface area (Å²) in [6.07, 6.45) is -1.47. The third-order valence-electron chi connectivity index (χ3n) is 3.99. The number of carbonyl (C=O) groups excluding carboxylic acids is 4. The molecule has 2 amide bonds. The molecule has 0 unspecified atom stereocenters. The number of hydrogen-bond donors (Lipinski definition) is 4. The zero-order chi connectivity index (χ0) is 25.1. The van der Waals surface area contributed by atoms with Crippen molar-refractivity contribution in [3.8, 4) is 0 Å². The first-order valence-corrected chi connectivity index (χ1v) is 11.5. The van der Waals surface area contributed by atoms with Gasteiger partial charge in [0.1, 0.15) is 12.1 Å². The van der Waals surface area contributed by atoms with E-state index in [1.54, 1.807) is 0 Å². The van der Waals surface area contributed by atoms with Crippen molar-refractivity contribution in [1.29, 1.82) is 0 Å². The van der Waals surface area contributed by atoms with E-state index in [0.29, 0.717) is 31.8 Å². The third-order valence-corrected chi connectivity index (χ3v) is 5.19. The van der Waals surface area contributed by atoms with Gasteiger partial charge in [0.25, 0.3) is 0 Å². The standard InChI is InChI=1S/C19H35N3O10S/c1-4-30-9-7-21-17(25)15(10-23)22-16(24)14(20)12-33-11-13(32-19(27)29-3)6-5-8-31-18(26)28-2/h13-15,23H,4-12,20H2,1-3H3,(H,21,25)(H,22,24)/t13-,14+,15+/m1/s1. The summed E-state index contributed by atoms with van der Waals surface area (Å²) >= 11 is 1.25. The molecule has 13 nitrogen and oxygen atoms in total. The summed E-state index contributed by atoms with van der Waals surface area (Å²) in [6.45, 7) is 2.38. The SMILES string of the molecule is CCOCCNC(=O)[C@H](CO)NC(=O)[C@@H](N)CSC[C@@H](CCCOC(=O)OC)OC(=O)OC. The number of aliphatic hydroxyl groups excluding tert-OH is 1. The fourth-order valence-corrected chi connectivity index (χ4v) is 3.31. The summed E-state index contributed by atoms with van der Waals surface area (Å²) in [5.41, 5.74) is 5.87. The zero-order valence-electron chi connectivity index (χ0n) is 19.2. The molecule has 0 aromatic heterocycles. The number of nitrogens with one attached hydrogen (secondary N) is 2. The van der Waals surface area contributed by atoms with E-state index in [2.05, 4.69) is 20.1 Å². The van der Waals surface area contributed by atoms with Crippen LogP contribution in [0.2, 0.25) is 0 Å². The van der Waals surface area contributed by atoms with Gasteiger partial charge in [0.05, 0.1) is 40.1 Å². The summed E-state index contributed by atoms with van der Waals surface area (Å²) in [7, 11) is 2.37. The van der Waals surface area contributed by atoms with Crippen LogP contribution < -0.4 is 16.4 Å². The van der Waals surface area contributed by atoms with E-state index in [4.69, 9.17) is 19.9 Å². The Bertz CT molecular complexity index is 596. The van der Waals surface area contributed by atoms with Crippen LogP contribution in [0.5, 0.6) is 0 Å². The van der Waals surface area contributed by atoms with Crippen LogP contribution in [0.4, 0.5) is 9.59 Å². The number of rotatable bonds is 17. The molecule has 3 atom stereocenters. The minimum absolute atomic E-state index is 0.0788. The van der Waals surface area contributed by atoms with Crippen molar-refractivity contribution in [3.63, 3.8) is 0 Å². The maximum Gasteiger partial charge on any atom is 0.508 e. The third kappa shape index (κ3) is 15.2. The first-order valence-electron chi connectivity index (χ1n) is 10.3. The number of hydrogen-bond acceptors (Lipinski definition) is 12. The molecule has 33 heavy (non-hydrogen) atoms. The summed E-state index contributed by atoms with van der Waals surface area (Å²) in [5, 5.41) is 14.3. The Labute approximate surface area is 197 Å². The van der Waals surface area contributed by atoms with Gasteiger partial charge >= 0.3 is 12.3 Å². The topological polar surface area (TPSA) is 185 Å². The van der Waals surface area contributed by atoms with Gasteiger partial charge in [0, 0.05) is 24.7 Å². The molecule has 0 fully saturated rings. The van der Waals surface area contributed by atoms with Gasteiger partial charge in [0.15, 0.2) is 0 Å². The molecule has 0 aromatic carbocycles. The maximum atomic E-state index is 12.3. The fraction of sp³-hybridized carbons (Fsp3) is 0.789. The van der Waals surface area contributed by atoms with Crippen molar-refractivity contribution < 1.29 is 48.0 Å². The molecule has 0 aromatic rings. The molecule has 14 heteroatoms. The molecule has 0 bridgehead atoms. The molecular weight excluding hydrogens is 462 g/mol. The molecule has 0 saturated carbocycles. The largest absolute Gasteiger partial charge is 0.508 e. The minimum atomic E-state index is -1.14. The van der Waals surface area contributed by atoms with Crippen LogP contribution in [0, 0.1) is 0 Å². The smallest absolute Gasteiger partial charge is 0.438 e. The molecular formula is C19H35N3O10S. The Morgan fingerprint density at radius 1 is 1.03 bits per heavy atom. The summed E-state index contributed by atoms with van der Waals surface area (Å²) in [6, 6.07) is -2.11. The molecule has 0 spiro atoms. The number of ether oxygens (including phenoxy) is 5. The van der Waals surface area contributed by atoms with Crippen LogP contribution in [0.3, 0.4) is 0 Å². The van der Waals surface area contributed by atoms with E-state index < -0.39 is 48.9 Å². The maximum absolute atomic E-state index is 12.3. The molecule has 0 aliphatic rings. The number of carbonyl (C=O) groups is 4. The van der Waals surface area contributed by atoms with Crippen molar-refractivity contribution in [2.24, 2.45) is 5.73 Å². The van der Waals surface area contributed by atoms with Gasteiger partial charge in [-0.3, -0.25) is 9.59 Å². The number of nitrogens with two attached hydrogens (primary N) is 1. The second kappa shape index (κ2) is 19.2. The monoisotopic (exact) mass is 497 g/mol. The molecule has 0 rings (SSSR count). The van der Waals surface area contributed by atoms with Gasteiger partial charge in [0.2, 0.25) is 11.8 Å². The Kier molecular flexibility index (Phi) is 17.9. The zero-order valence-corrected chi connectivity index (χ0v) is 20.0. The van der Waals surface area contributed by atoms with Gasteiger partial charge in [-0.05, 0) is 19.8 Å². The Morgan fingerprint density at radius 3 is 2.33 bits per heavy atom. The highest BCUT2D eigenvalue weighted by Crippen LogP contribution is 2.13. The second-order valence-corrected chi connectivity index (χ2v) is 7.59. The highest BCUT2D eigenvalue weighted by atomic mass is 32.2. The predicted octanol–water partition coefficient (Wildman–Crippen LogP) is -0.608. The molecule has 0 heterocycles. The van der Waals surface area contributed by atoms with Crippen LogP contribution in [0.1, 0.15) is 19.8 Å². The van der Waals surface area contributed by atoms with E-state index in [0.717, 1.165) is 0 Å². The van der Waals surface area contributed by atoms with Crippen molar-refractivity contribution in [1.82, 2.24) is 10.6 Å². The Hall–Kier alpha value is -2.29. The van der Waals surface area contributed by atoms with E-state index >= 15 is 0 Å². The number of thioether (sulfide) groups is 1. The van der Waals surface area contributed by atoms with Gasteiger partial charge in [-0.1, -0.05) is 0 Å². The second-order valence-electron chi connectivity index (χ2n) is 6.51. The van der Waals surface area contributed by atoms with Crippen molar-refractivity contribution >= 4 is 35.9 Å². The van der Waals surface area contributed by atoms with E-state index in [9.17, 15) is 24.3 Å². The molecule has 192 valence electrons. The molecule has 0 radical (unpaired) electrons. The minimum Gasteiger partial charge on any atom is -0.438 e. The highest BCUT2D eigenvalue weighted by molar-refractivity contribution is 7.99.